The Kier molecular flexibility index (Phi) is 5.24. The zero-order chi connectivity index (χ0) is 22.1. The van der Waals surface area contributed by atoms with Crippen molar-refractivity contribution in [2.45, 2.75) is 5.54 Å². The first-order valence-corrected chi connectivity index (χ1v) is 11.2. The van der Waals surface area contributed by atoms with Gasteiger partial charge in [-0.2, -0.15) is 5.10 Å². The number of halogens is 2. The molecule has 0 saturated heterocycles. The van der Waals surface area contributed by atoms with Gasteiger partial charge < -0.3 is 0 Å². The van der Waals surface area contributed by atoms with Gasteiger partial charge in [-0.3, -0.25) is 0 Å². The highest BCUT2D eigenvalue weighted by Gasteiger charge is 2.41. The van der Waals surface area contributed by atoms with Crippen molar-refractivity contribution in [3.05, 3.63) is 141 Å². The van der Waals surface area contributed by atoms with Gasteiger partial charge in [0.15, 0.2) is 5.69 Å². The highest BCUT2D eigenvalue weighted by atomic mass is 127. The second-order valence-corrected chi connectivity index (χ2v) is 8.47. The smallest absolute Gasteiger partial charge is 0.190 e. The van der Waals surface area contributed by atoms with Crippen LogP contribution in [0.1, 0.15) is 16.7 Å². The maximum atomic E-state index is 15.6. The maximum Gasteiger partial charge on any atom is 0.190 e. The molecule has 0 unspecified atom stereocenters. The lowest BCUT2D eigenvalue weighted by atomic mass is 9.77. The maximum absolute atomic E-state index is 15.6. The lowest BCUT2D eigenvalue weighted by Crippen LogP contribution is -2.38. The van der Waals surface area contributed by atoms with Crippen LogP contribution < -0.4 is 0 Å². The van der Waals surface area contributed by atoms with Gasteiger partial charge in [-0.15, -0.1) is 0 Å². The van der Waals surface area contributed by atoms with Crippen molar-refractivity contribution in [1.29, 1.82) is 0 Å². The molecular weight excluding hydrogens is 512 g/mol. The van der Waals surface area contributed by atoms with E-state index in [1.165, 1.54) is 6.07 Å². The van der Waals surface area contributed by atoms with E-state index >= 15 is 4.39 Å². The first-order chi connectivity index (χ1) is 15.7. The Hall–Kier alpha value is -3.50. The normalized spacial score (nSPS) is 11.4. The van der Waals surface area contributed by atoms with Crippen molar-refractivity contribution in [2.75, 3.05) is 0 Å². The quantitative estimate of drug-likeness (QED) is 0.138. The van der Waals surface area contributed by atoms with Gasteiger partial charge in [0.05, 0.1) is 6.57 Å². The Morgan fingerprint density at radius 2 is 1.25 bits per heavy atom. The molecule has 0 spiro atoms. The molecule has 0 fully saturated rings. The molecule has 0 aliphatic carbocycles. The fourth-order valence-electron chi connectivity index (χ4n) is 4.36. The van der Waals surface area contributed by atoms with E-state index < -0.39 is 11.4 Å². The summed E-state index contributed by atoms with van der Waals surface area (Å²) in [6.45, 7) is 7.35. The van der Waals surface area contributed by atoms with Crippen LogP contribution in [0.2, 0.25) is 0 Å². The summed E-state index contributed by atoms with van der Waals surface area (Å²) >= 11 is 2.13. The van der Waals surface area contributed by atoms with E-state index in [4.69, 9.17) is 11.7 Å². The predicted molar refractivity (Wildman–Crippen MR) is 133 cm³/mol. The van der Waals surface area contributed by atoms with Crippen LogP contribution >= 0.6 is 22.6 Å². The van der Waals surface area contributed by atoms with Crippen molar-refractivity contribution < 1.29 is 4.39 Å². The van der Waals surface area contributed by atoms with E-state index in [-0.39, 0.29) is 5.69 Å². The number of hydrogen-bond acceptors (Lipinski definition) is 1. The Morgan fingerprint density at radius 3 is 1.69 bits per heavy atom. The number of fused-ring (bicyclic) bond motifs is 1. The van der Waals surface area contributed by atoms with Gasteiger partial charge in [0, 0.05) is 5.39 Å². The standard InChI is InChI=1S/C27H17FIN3/c1-30-22-17-23-25(24(28)18-22)32(31-26(23)29)27(19-11-5-2-6-12-19,20-13-7-3-8-14-20)21-15-9-4-10-16-21/h2-18H. The molecule has 0 aliphatic heterocycles. The van der Waals surface area contributed by atoms with E-state index in [9.17, 15) is 0 Å². The van der Waals surface area contributed by atoms with Crippen LogP contribution in [0.15, 0.2) is 103 Å². The number of aromatic nitrogens is 2. The van der Waals surface area contributed by atoms with Gasteiger partial charge in [-0.1, -0.05) is 91.0 Å². The van der Waals surface area contributed by atoms with Crippen LogP contribution in [0.4, 0.5) is 10.1 Å². The lowest BCUT2D eigenvalue weighted by Gasteiger charge is -2.37. The third kappa shape index (κ3) is 3.10. The molecule has 0 aliphatic rings. The zero-order valence-electron chi connectivity index (χ0n) is 16.9. The Morgan fingerprint density at radius 1 is 0.781 bits per heavy atom. The third-order valence-electron chi connectivity index (χ3n) is 5.69. The van der Waals surface area contributed by atoms with Crippen molar-refractivity contribution in [3.63, 3.8) is 0 Å². The number of hydrogen-bond donors (Lipinski definition) is 0. The molecule has 0 N–H and O–H groups in total. The topological polar surface area (TPSA) is 22.2 Å². The monoisotopic (exact) mass is 529 g/mol. The molecule has 5 aromatic rings. The van der Waals surface area contributed by atoms with E-state index in [2.05, 4.69) is 27.4 Å². The van der Waals surface area contributed by atoms with E-state index in [0.717, 1.165) is 16.7 Å². The van der Waals surface area contributed by atoms with E-state index in [1.54, 1.807) is 10.7 Å². The first kappa shape index (κ1) is 20.4. The Labute approximate surface area is 199 Å². The first-order valence-electron chi connectivity index (χ1n) is 10.1. The van der Waals surface area contributed by atoms with Crippen molar-refractivity contribution in [2.24, 2.45) is 0 Å². The van der Waals surface area contributed by atoms with E-state index in [1.807, 2.05) is 91.0 Å². The minimum atomic E-state index is -0.911. The average molecular weight is 529 g/mol. The molecule has 0 atom stereocenters. The molecule has 5 rings (SSSR count). The predicted octanol–water partition coefficient (Wildman–Crippen LogP) is 7.17. The highest BCUT2D eigenvalue weighted by molar-refractivity contribution is 14.1. The Balaban J connectivity index is 2.00. The second kappa shape index (κ2) is 8.21. The van der Waals surface area contributed by atoms with Gasteiger partial charge >= 0.3 is 0 Å². The minimum absolute atomic E-state index is 0.261. The minimum Gasteiger partial charge on any atom is -0.241 e. The molecule has 1 heterocycles. The van der Waals surface area contributed by atoms with Crippen molar-refractivity contribution in [3.8, 4) is 0 Å². The summed E-state index contributed by atoms with van der Waals surface area (Å²) < 4.78 is 18.0. The molecular formula is C27H17FIN3. The fourth-order valence-corrected chi connectivity index (χ4v) is 4.99. The SMILES string of the molecule is [C-]#[N+]c1cc(F)c2c(c1)c(I)nn2C(c1ccccc1)(c1ccccc1)c1ccccc1. The van der Waals surface area contributed by atoms with Crippen LogP contribution in [0.25, 0.3) is 15.7 Å². The third-order valence-corrected chi connectivity index (χ3v) is 6.49. The van der Waals surface area contributed by atoms with Gasteiger partial charge in [-0.05, 0) is 51.4 Å². The van der Waals surface area contributed by atoms with Crippen molar-refractivity contribution >= 4 is 39.2 Å². The van der Waals surface area contributed by atoms with Gasteiger partial charge in [0.2, 0.25) is 0 Å². The van der Waals surface area contributed by atoms with Crippen LogP contribution in [0.3, 0.4) is 0 Å². The second-order valence-electron chi connectivity index (χ2n) is 7.45. The molecule has 0 saturated carbocycles. The molecule has 1 aromatic heterocycles. The number of rotatable bonds is 4. The number of benzene rings is 4. The molecule has 0 radical (unpaired) electrons. The molecule has 0 bridgehead atoms. The molecule has 4 aromatic carbocycles. The summed E-state index contributed by atoms with van der Waals surface area (Å²) in [7, 11) is 0. The summed E-state index contributed by atoms with van der Waals surface area (Å²) in [6, 6.07) is 33.1. The molecule has 5 heteroatoms. The average Bonchev–Trinajstić information content (AvgIpc) is 3.18. The molecule has 3 nitrogen and oxygen atoms in total. The van der Waals surface area contributed by atoms with Crippen LogP contribution in [-0.2, 0) is 5.54 Å². The van der Waals surface area contributed by atoms with Gasteiger partial charge in [0.1, 0.15) is 20.6 Å². The van der Waals surface area contributed by atoms with Crippen LogP contribution in [-0.4, -0.2) is 9.78 Å². The van der Waals surface area contributed by atoms with Crippen LogP contribution in [0.5, 0.6) is 0 Å². The summed E-state index contributed by atoms with van der Waals surface area (Å²) in [5, 5.41) is 5.52. The van der Waals surface area contributed by atoms with E-state index in [0.29, 0.717) is 14.6 Å². The lowest BCUT2D eigenvalue weighted by molar-refractivity contribution is 0.465. The highest BCUT2D eigenvalue weighted by Crippen LogP contribution is 2.43. The zero-order valence-corrected chi connectivity index (χ0v) is 19.1. The number of nitrogens with zero attached hydrogens (tertiary/aromatic N) is 3. The summed E-state index contributed by atoms with van der Waals surface area (Å²) in [6.07, 6.45) is 0. The summed E-state index contributed by atoms with van der Waals surface area (Å²) in [4.78, 5) is 3.44. The molecule has 32 heavy (non-hydrogen) atoms. The summed E-state index contributed by atoms with van der Waals surface area (Å²) in [5.41, 5.74) is 2.62. The molecule has 154 valence electrons. The van der Waals surface area contributed by atoms with Gasteiger partial charge in [-0.25, -0.2) is 13.9 Å². The molecule has 0 amide bonds. The fraction of sp³-hybridized carbons (Fsp3) is 0.0370. The summed E-state index contributed by atoms with van der Waals surface area (Å²) in [5.74, 6) is -0.462. The largest absolute Gasteiger partial charge is 0.241 e. The van der Waals surface area contributed by atoms with Crippen molar-refractivity contribution in [1.82, 2.24) is 9.78 Å². The Bertz CT molecular complexity index is 1340. The van der Waals surface area contributed by atoms with Gasteiger partial charge in [0.25, 0.3) is 0 Å². The van der Waals surface area contributed by atoms with Crippen LogP contribution in [0, 0.1) is 16.1 Å².